The Bertz CT molecular complexity index is 258. The standard InChI is InChI=1S/C9H11N.C2H6.H2/c1-7-2-3-8-4-5-10-9(8)6-7;1-2;/h2-3,6,10H,4-5H2,1H3;1-2H3;1H. The molecule has 0 radical (unpaired) electrons. The average molecular weight is 165 g/mol. The quantitative estimate of drug-likeness (QED) is 0.622. The molecule has 1 heterocycles. The lowest BCUT2D eigenvalue weighted by Crippen LogP contribution is -1.90. The van der Waals surface area contributed by atoms with E-state index in [0.717, 1.165) is 6.54 Å². The lowest BCUT2D eigenvalue weighted by molar-refractivity contribution is 1.11. The first-order chi connectivity index (χ1) is 5.86. The molecule has 0 unspecified atom stereocenters. The van der Waals surface area contributed by atoms with Gasteiger partial charge in [-0.15, -0.1) is 0 Å². The topological polar surface area (TPSA) is 12.0 Å². The third-order valence-corrected chi connectivity index (χ3v) is 1.98. The Morgan fingerprint density at radius 3 is 2.83 bits per heavy atom. The molecular formula is C11H19N. The Hall–Kier alpha value is -0.980. The van der Waals surface area contributed by atoms with Crippen LogP contribution in [0.4, 0.5) is 5.69 Å². The van der Waals surface area contributed by atoms with Crippen LogP contribution in [0.3, 0.4) is 0 Å². The van der Waals surface area contributed by atoms with Crippen molar-refractivity contribution in [1.82, 2.24) is 0 Å². The van der Waals surface area contributed by atoms with Crippen LogP contribution in [0.1, 0.15) is 26.4 Å². The number of aryl methyl sites for hydroxylation is 1. The second-order valence-corrected chi connectivity index (χ2v) is 2.84. The molecule has 1 N–H and O–H groups in total. The predicted molar refractivity (Wildman–Crippen MR) is 56.8 cm³/mol. The zero-order valence-corrected chi connectivity index (χ0v) is 8.15. The van der Waals surface area contributed by atoms with Crippen molar-refractivity contribution in [3.05, 3.63) is 29.3 Å². The molecule has 12 heavy (non-hydrogen) atoms. The van der Waals surface area contributed by atoms with Crippen LogP contribution < -0.4 is 5.32 Å². The number of hydrogen-bond donors (Lipinski definition) is 1. The van der Waals surface area contributed by atoms with Gasteiger partial charge < -0.3 is 5.32 Å². The molecule has 1 nitrogen and oxygen atoms in total. The monoisotopic (exact) mass is 165 g/mol. The molecule has 0 spiro atoms. The van der Waals surface area contributed by atoms with Crippen LogP contribution in [0, 0.1) is 6.92 Å². The summed E-state index contributed by atoms with van der Waals surface area (Å²) < 4.78 is 0. The second-order valence-electron chi connectivity index (χ2n) is 2.84. The van der Waals surface area contributed by atoms with Gasteiger partial charge in [0.2, 0.25) is 0 Å². The van der Waals surface area contributed by atoms with Crippen molar-refractivity contribution in [2.75, 3.05) is 11.9 Å². The van der Waals surface area contributed by atoms with Crippen LogP contribution in [0.2, 0.25) is 0 Å². The van der Waals surface area contributed by atoms with Crippen LogP contribution in [0.5, 0.6) is 0 Å². The summed E-state index contributed by atoms with van der Waals surface area (Å²) in [6.45, 7) is 7.24. The highest BCUT2D eigenvalue weighted by molar-refractivity contribution is 5.56. The van der Waals surface area contributed by atoms with Crippen molar-refractivity contribution >= 4 is 5.69 Å². The Kier molecular flexibility index (Phi) is 3.15. The van der Waals surface area contributed by atoms with E-state index in [1.54, 1.807) is 0 Å². The molecule has 0 saturated carbocycles. The molecule has 0 fully saturated rings. The predicted octanol–water partition coefficient (Wildman–Crippen LogP) is 3.24. The Morgan fingerprint density at radius 1 is 1.33 bits per heavy atom. The highest BCUT2D eigenvalue weighted by Gasteiger charge is 2.07. The molecule has 0 aromatic heterocycles. The van der Waals surface area contributed by atoms with Crippen molar-refractivity contribution in [1.29, 1.82) is 0 Å². The third kappa shape index (κ3) is 1.79. The molecule has 2 rings (SSSR count). The number of rotatable bonds is 0. The summed E-state index contributed by atoms with van der Waals surface area (Å²) in [5.74, 6) is 0. The van der Waals surface area contributed by atoms with Crippen LogP contribution in [-0.4, -0.2) is 6.54 Å². The van der Waals surface area contributed by atoms with Gasteiger partial charge in [0.1, 0.15) is 0 Å². The molecule has 0 amide bonds. The number of anilines is 1. The lowest BCUT2D eigenvalue weighted by Gasteiger charge is -1.98. The number of nitrogens with one attached hydrogen (secondary N) is 1. The summed E-state index contributed by atoms with van der Waals surface area (Å²) in [4.78, 5) is 0. The van der Waals surface area contributed by atoms with Crippen LogP contribution >= 0.6 is 0 Å². The summed E-state index contributed by atoms with van der Waals surface area (Å²) in [5.41, 5.74) is 4.14. The van der Waals surface area contributed by atoms with E-state index < -0.39 is 0 Å². The fourth-order valence-corrected chi connectivity index (χ4v) is 1.40. The minimum Gasteiger partial charge on any atom is -0.384 e. The highest BCUT2D eigenvalue weighted by atomic mass is 14.9. The minimum atomic E-state index is 0. The fourth-order valence-electron chi connectivity index (χ4n) is 1.40. The van der Waals surface area contributed by atoms with Crippen LogP contribution in [0.15, 0.2) is 18.2 Å². The van der Waals surface area contributed by atoms with E-state index >= 15 is 0 Å². The highest BCUT2D eigenvalue weighted by Crippen LogP contribution is 2.22. The van der Waals surface area contributed by atoms with Crippen molar-refractivity contribution in [2.45, 2.75) is 27.2 Å². The maximum absolute atomic E-state index is 3.34. The molecule has 1 heteroatoms. The lowest BCUT2D eigenvalue weighted by atomic mass is 10.1. The molecule has 0 aliphatic carbocycles. The van der Waals surface area contributed by atoms with Gasteiger partial charge in [0.25, 0.3) is 0 Å². The van der Waals surface area contributed by atoms with E-state index in [9.17, 15) is 0 Å². The van der Waals surface area contributed by atoms with Crippen LogP contribution in [0.25, 0.3) is 0 Å². The maximum Gasteiger partial charge on any atom is 0.0376 e. The van der Waals surface area contributed by atoms with Gasteiger partial charge in [0, 0.05) is 13.7 Å². The van der Waals surface area contributed by atoms with E-state index in [0.29, 0.717) is 0 Å². The zero-order valence-electron chi connectivity index (χ0n) is 8.15. The summed E-state index contributed by atoms with van der Waals surface area (Å²) in [5, 5.41) is 3.34. The van der Waals surface area contributed by atoms with Crippen molar-refractivity contribution < 1.29 is 1.43 Å². The Labute approximate surface area is 76.3 Å². The number of fused-ring (bicyclic) bond motifs is 1. The van der Waals surface area contributed by atoms with Crippen molar-refractivity contribution in [3.63, 3.8) is 0 Å². The van der Waals surface area contributed by atoms with E-state index in [1.807, 2.05) is 13.8 Å². The summed E-state index contributed by atoms with van der Waals surface area (Å²) in [7, 11) is 0. The van der Waals surface area contributed by atoms with Gasteiger partial charge in [-0.25, -0.2) is 0 Å². The molecule has 0 saturated heterocycles. The average Bonchev–Trinajstić information content (AvgIpc) is 2.54. The van der Waals surface area contributed by atoms with Gasteiger partial charge in [0.05, 0.1) is 0 Å². The van der Waals surface area contributed by atoms with Gasteiger partial charge in [-0.05, 0) is 30.5 Å². The van der Waals surface area contributed by atoms with E-state index in [4.69, 9.17) is 0 Å². The smallest absolute Gasteiger partial charge is 0.0376 e. The van der Waals surface area contributed by atoms with Gasteiger partial charge >= 0.3 is 0 Å². The molecule has 0 atom stereocenters. The largest absolute Gasteiger partial charge is 0.384 e. The first-order valence-electron chi connectivity index (χ1n) is 4.70. The number of hydrogen-bond acceptors (Lipinski definition) is 1. The SMILES string of the molecule is CC.Cc1ccc2c(c1)NCC2.[HH]. The van der Waals surface area contributed by atoms with E-state index in [2.05, 4.69) is 30.4 Å². The molecule has 1 aromatic rings. The van der Waals surface area contributed by atoms with Gasteiger partial charge in [-0.2, -0.15) is 0 Å². The third-order valence-electron chi connectivity index (χ3n) is 1.98. The normalized spacial score (nSPS) is 12.6. The number of benzene rings is 1. The van der Waals surface area contributed by atoms with Crippen LogP contribution in [-0.2, 0) is 6.42 Å². The molecule has 0 bridgehead atoms. The maximum atomic E-state index is 3.34. The Balaban J connectivity index is 0.000000451. The first kappa shape index (κ1) is 9.11. The molecule has 1 aliphatic rings. The molecule has 1 aromatic carbocycles. The summed E-state index contributed by atoms with van der Waals surface area (Å²) in [6, 6.07) is 6.60. The summed E-state index contributed by atoms with van der Waals surface area (Å²) in [6.07, 6.45) is 1.19. The molecule has 1 aliphatic heterocycles. The summed E-state index contributed by atoms with van der Waals surface area (Å²) >= 11 is 0. The fraction of sp³-hybridized carbons (Fsp3) is 0.455. The van der Waals surface area contributed by atoms with Gasteiger partial charge in [-0.1, -0.05) is 26.0 Å². The Morgan fingerprint density at radius 2 is 2.08 bits per heavy atom. The molecular weight excluding hydrogens is 146 g/mol. The van der Waals surface area contributed by atoms with E-state index in [1.165, 1.54) is 23.2 Å². The van der Waals surface area contributed by atoms with Crippen molar-refractivity contribution in [2.24, 2.45) is 0 Å². The zero-order chi connectivity index (χ0) is 8.97. The second kappa shape index (κ2) is 4.15. The molecule has 68 valence electrons. The van der Waals surface area contributed by atoms with Crippen molar-refractivity contribution in [3.8, 4) is 0 Å². The minimum absolute atomic E-state index is 0. The first-order valence-corrected chi connectivity index (χ1v) is 4.70. The van der Waals surface area contributed by atoms with Gasteiger partial charge in [-0.3, -0.25) is 0 Å². The van der Waals surface area contributed by atoms with E-state index in [-0.39, 0.29) is 1.43 Å². The van der Waals surface area contributed by atoms with Gasteiger partial charge in [0.15, 0.2) is 0 Å².